The summed E-state index contributed by atoms with van der Waals surface area (Å²) in [7, 11) is 0. The number of anilines is 1. The minimum atomic E-state index is -4.34. The van der Waals surface area contributed by atoms with E-state index in [1.165, 1.54) is 6.07 Å². The summed E-state index contributed by atoms with van der Waals surface area (Å²) in [5.41, 5.74) is 1.62. The van der Waals surface area contributed by atoms with E-state index < -0.39 is 11.1 Å². The second-order valence-corrected chi connectivity index (χ2v) is 8.77. The number of hydrogen-bond donors (Lipinski definition) is 2. The van der Waals surface area contributed by atoms with Crippen molar-refractivity contribution >= 4 is 33.0 Å². The lowest BCUT2D eigenvalue weighted by molar-refractivity contribution is -0.134. The van der Waals surface area contributed by atoms with Gasteiger partial charge in [0.05, 0.1) is 11.6 Å². The minimum absolute atomic E-state index is 0.0325. The van der Waals surface area contributed by atoms with Gasteiger partial charge in [0.1, 0.15) is 4.88 Å². The molecule has 0 unspecified atom stereocenters. The van der Waals surface area contributed by atoms with Gasteiger partial charge in [0.15, 0.2) is 0 Å². The smallest absolute Gasteiger partial charge is 0.382 e. The number of benzene rings is 2. The van der Waals surface area contributed by atoms with Crippen LogP contribution in [0.15, 0.2) is 48.5 Å². The Balaban J connectivity index is 1.37. The molecule has 2 N–H and O–H groups in total. The van der Waals surface area contributed by atoms with Crippen LogP contribution in [0.4, 0.5) is 18.9 Å². The Kier molecular flexibility index (Phi) is 5.88. The Hall–Kier alpha value is -3.05. The predicted octanol–water partition coefficient (Wildman–Crippen LogP) is 5.94. The van der Waals surface area contributed by atoms with Crippen LogP contribution in [-0.4, -0.2) is 18.0 Å². The van der Waals surface area contributed by atoms with Crippen molar-refractivity contribution in [2.75, 3.05) is 5.32 Å². The van der Waals surface area contributed by atoms with Gasteiger partial charge < -0.3 is 10.6 Å². The highest BCUT2D eigenvalue weighted by atomic mass is 32.1. The molecular weight excluding hydrogens is 423 g/mol. The lowest BCUT2D eigenvalue weighted by atomic mass is 9.90. The molecule has 1 aromatic heterocycles. The first-order chi connectivity index (χ1) is 14.8. The first kappa shape index (κ1) is 21.2. The normalized spacial score (nSPS) is 19.0. The predicted molar refractivity (Wildman–Crippen MR) is 115 cm³/mol. The Morgan fingerprint density at radius 3 is 2.45 bits per heavy atom. The standard InChI is InChI=1S/C23H20F3N3OS/c24-23(25,26)21-12-18-19(5-2-6-20(18)31-21)28-16-7-9-17(10-8-16)29-22(30)15-4-1-3-14(11-15)13-27/h1-6,11-12,16-17,28H,7-10H2,(H,29,30)/t16-,17+. The molecule has 1 aliphatic carbocycles. The number of carbonyl (C=O) groups excluding carboxylic acids is 1. The van der Waals surface area contributed by atoms with Crippen LogP contribution in [0.25, 0.3) is 10.1 Å². The quantitative estimate of drug-likeness (QED) is 0.524. The summed E-state index contributed by atoms with van der Waals surface area (Å²) in [6.45, 7) is 0. The number of fused-ring (bicyclic) bond motifs is 1. The van der Waals surface area contributed by atoms with Gasteiger partial charge in [0.25, 0.3) is 5.91 Å². The molecule has 4 nitrogen and oxygen atoms in total. The number of halogens is 3. The van der Waals surface area contributed by atoms with Gasteiger partial charge in [-0.3, -0.25) is 4.79 Å². The van der Waals surface area contributed by atoms with E-state index in [4.69, 9.17) is 5.26 Å². The minimum Gasteiger partial charge on any atom is -0.382 e. The maximum absolute atomic E-state index is 13.1. The maximum atomic E-state index is 13.1. The molecule has 160 valence electrons. The molecule has 1 amide bonds. The summed E-state index contributed by atoms with van der Waals surface area (Å²) in [6, 6.07) is 15.3. The molecule has 8 heteroatoms. The van der Waals surface area contributed by atoms with E-state index in [0.29, 0.717) is 26.9 Å². The molecule has 31 heavy (non-hydrogen) atoms. The topological polar surface area (TPSA) is 64.9 Å². The van der Waals surface area contributed by atoms with Crippen LogP contribution in [0.1, 0.15) is 46.5 Å². The van der Waals surface area contributed by atoms with E-state index in [1.807, 2.05) is 12.1 Å². The van der Waals surface area contributed by atoms with Crippen LogP contribution in [0.5, 0.6) is 0 Å². The van der Waals surface area contributed by atoms with Gasteiger partial charge in [-0.05, 0) is 62.1 Å². The average molecular weight is 443 g/mol. The van der Waals surface area contributed by atoms with Crippen molar-refractivity contribution in [3.8, 4) is 6.07 Å². The molecule has 0 aliphatic heterocycles. The number of amides is 1. The van der Waals surface area contributed by atoms with Crippen LogP contribution in [-0.2, 0) is 6.18 Å². The summed E-state index contributed by atoms with van der Waals surface area (Å²) in [5.74, 6) is -0.198. The fraction of sp³-hybridized carbons (Fsp3) is 0.304. The van der Waals surface area contributed by atoms with E-state index in [0.717, 1.165) is 37.0 Å². The molecule has 0 bridgehead atoms. The third-order valence-corrected chi connectivity index (χ3v) is 6.66. The number of nitriles is 1. The number of hydrogen-bond acceptors (Lipinski definition) is 4. The Morgan fingerprint density at radius 1 is 1.03 bits per heavy atom. The fourth-order valence-electron chi connectivity index (χ4n) is 3.93. The van der Waals surface area contributed by atoms with Gasteiger partial charge in [-0.2, -0.15) is 18.4 Å². The maximum Gasteiger partial charge on any atom is 0.425 e. The van der Waals surface area contributed by atoms with Crippen LogP contribution in [0.2, 0.25) is 0 Å². The SMILES string of the molecule is N#Cc1cccc(C(=O)N[C@H]2CC[C@@H](Nc3cccc4sc(C(F)(F)F)cc34)CC2)c1. The molecule has 0 saturated heterocycles. The highest BCUT2D eigenvalue weighted by Crippen LogP contribution is 2.40. The van der Waals surface area contributed by atoms with Crippen molar-refractivity contribution < 1.29 is 18.0 Å². The van der Waals surface area contributed by atoms with Gasteiger partial charge in [-0.25, -0.2) is 0 Å². The molecule has 3 aromatic rings. The van der Waals surface area contributed by atoms with Crippen molar-refractivity contribution in [2.24, 2.45) is 0 Å². The number of rotatable bonds is 4. The number of thiophene rings is 1. The molecule has 1 fully saturated rings. The van der Waals surface area contributed by atoms with Crippen molar-refractivity contribution in [1.29, 1.82) is 5.26 Å². The van der Waals surface area contributed by atoms with E-state index in [1.54, 1.807) is 36.4 Å². The zero-order chi connectivity index (χ0) is 22.0. The zero-order valence-corrected chi connectivity index (χ0v) is 17.3. The molecule has 2 aromatic carbocycles. The molecule has 1 saturated carbocycles. The number of carbonyl (C=O) groups is 1. The van der Waals surface area contributed by atoms with E-state index in [9.17, 15) is 18.0 Å². The molecule has 0 atom stereocenters. The number of nitrogens with one attached hydrogen (secondary N) is 2. The summed E-state index contributed by atoms with van der Waals surface area (Å²) >= 11 is 0.755. The fourth-order valence-corrected chi connectivity index (χ4v) is 4.88. The number of nitrogens with zero attached hydrogens (tertiary/aromatic N) is 1. The van der Waals surface area contributed by atoms with Gasteiger partial charge in [0.2, 0.25) is 0 Å². The van der Waals surface area contributed by atoms with Gasteiger partial charge >= 0.3 is 6.18 Å². The highest BCUT2D eigenvalue weighted by Gasteiger charge is 2.33. The van der Waals surface area contributed by atoms with Crippen LogP contribution in [0.3, 0.4) is 0 Å². The third-order valence-electron chi connectivity index (χ3n) is 5.52. The van der Waals surface area contributed by atoms with E-state index >= 15 is 0 Å². The van der Waals surface area contributed by atoms with Crippen molar-refractivity contribution in [2.45, 2.75) is 43.9 Å². The first-order valence-electron chi connectivity index (χ1n) is 10.0. The van der Waals surface area contributed by atoms with Crippen molar-refractivity contribution in [1.82, 2.24) is 5.32 Å². The van der Waals surface area contributed by atoms with Gasteiger partial charge in [-0.1, -0.05) is 12.1 Å². The second-order valence-electron chi connectivity index (χ2n) is 7.68. The highest BCUT2D eigenvalue weighted by molar-refractivity contribution is 7.19. The lowest BCUT2D eigenvalue weighted by Crippen LogP contribution is -2.40. The molecule has 1 heterocycles. The molecule has 1 aliphatic rings. The Morgan fingerprint density at radius 2 is 1.74 bits per heavy atom. The largest absolute Gasteiger partial charge is 0.425 e. The zero-order valence-electron chi connectivity index (χ0n) is 16.5. The Bertz CT molecular complexity index is 1140. The van der Waals surface area contributed by atoms with Crippen molar-refractivity contribution in [3.63, 3.8) is 0 Å². The molecule has 4 rings (SSSR count). The monoisotopic (exact) mass is 443 g/mol. The lowest BCUT2D eigenvalue weighted by Gasteiger charge is -2.30. The van der Waals surface area contributed by atoms with Gasteiger partial charge in [-0.15, -0.1) is 11.3 Å². The van der Waals surface area contributed by atoms with E-state index in [2.05, 4.69) is 10.6 Å². The van der Waals surface area contributed by atoms with Crippen molar-refractivity contribution in [3.05, 3.63) is 64.5 Å². The summed E-state index contributed by atoms with van der Waals surface area (Å²) in [5, 5.41) is 16.0. The summed E-state index contributed by atoms with van der Waals surface area (Å²) < 4.78 is 39.8. The second kappa shape index (κ2) is 8.60. The van der Waals surface area contributed by atoms with Crippen LogP contribution < -0.4 is 10.6 Å². The molecular formula is C23H20F3N3OS. The Labute approximate surface area is 181 Å². The third kappa shape index (κ3) is 4.83. The van der Waals surface area contributed by atoms with Crippen LogP contribution in [0, 0.1) is 11.3 Å². The van der Waals surface area contributed by atoms with Crippen LogP contribution >= 0.6 is 11.3 Å². The van der Waals surface area contributed by atoms with Gasteiger partial charge in [0, 0.05) is 33.4 Å². The average Bonchev–Trinajstić information content (AvgIpc) is 3.21. The summed E-state index contributed by atoms with van der Waals surface area (Å²) in [6.07, 6.45) is -1.20. The van der Waals surface area contributed by atoms with E-state index in [-0.39, 0.29) is 18.0 Å². The number of alkyl halides is 3. The summed E-state index contributed by atoms with van der Waals surface area (Å²) in [4.78, 5) is 11.9. The molecule has 0 radical (unpaired) electrons. The molecule has 0 spiro atoms. The first-order valence-corrected chi connectivity index (χ1v) is 10.8.